The maximum atomic E-state index is 6.81. The highest BCUT2D eigenvalue weighted by atomic mass is 32.2. The number of methoxy groups -OCH3 is 3. The molecule has 5 rings (SSSR count). The summed E-state index contributed by atoms with van der Waals surface area (Å²) in [5.74, 6) is 6.41. The van der Waals surface area contributed by atoms with Crippen molar-refractivity contribution >= 4 is 34.9 Å². The van der Waals surface area contributed by atoms with Crippen LogP contribution in [0.5, 0.6) is 17.2 Å². The Labute approximate surface area is 221 Å². The first-order chi connectivity index (χ1) is 17.7. The highest BCUT2D eigenvalue weighted by molar-refractivity contribution is 8.17. The Hall–Kier alpha value is -2.96. The molecule has 36 heavy (non-hydrogen) atoms. The van der Waals surface area contributed by atoms with Gasteiger partial charge in [0.2, 0.25) is 0 Å². The smallest absolute Gasteiger partial charge is 0.161 e. The third kappa shape index (κ3) is 5.11. The zero-order chi connectivity index (χ0) is 24.9. The van der Waals surface area contributed by atoms with E-state index in [-0.39, 0.29) is 10.5 Å². The predicted molar refractivity (Wildman–Crippen MR) is 151 cm³/mol. The highest BCUT2D eigenvalue weighted by Gasteiger charge is 2.34. The van der Waals surface area contributed by atoms with Gasteiger partial charge in [-0.1, -0.05) is 48.5 Å². The molecule has 1 atom stereocenters. The van der Waals surface area contributed by atoms with E-state index >= 15 is 0 Å². The van der Waals surface area contributed by atoms with E-state index in [0.29, 0.717) is 11.5 Å². The summed E-state index contributed by atoms with van der Waals surface area (Å²) in [5.41, 5.74) is 4.48. The largest absolute Gasteiger partial charge is 0.497 e. The number of thioether (sulfide) groups is 2. The molecule has 2 heterocycles. The predicted octanol–water partition coefficient (Wildman–Crippen LogP) is 7.47. The van der Waals surface area contributed by atoms with Gasteiger partial charge in [0.05, 0.1) is 21.3 Å². The SMILES string of the molecule is COc1ccc(C2C=C(c3ccccc3)OC(C3SCCCS3)=C2c2ccc(OC)c(OC)c2)cc1. The summed E-state index contributed by atoms with van der Waals surface area (Å²) in [6.07, 6.45) is 3.46. The van der Waals surface area contributed by atoms with Crippen molar-refractivity contribution in [2.24, 2.45) is 0 Å². The van der Waals surface area contributed by atoms with Crippen molar-refractivity contribution in [1.82, 2.24) is 0 Å². The van der Waals surface area contributed by atoms with Crippen LogP contribution in [0.15, 0.2) is 84.6 Å². The van der Waals surface area contributed by atoms with Gasteiger partial charge in [-0.2, -0.15) is 0 Å². The summed E-state index contributed by atoms with van der Waals surface area (Å²) in [6.45, 7) is 0. The second-order valence-electron chi connectivity index (χ2n) is 8.52. The van der Waals surface area contributed by atoms with Crippen LogP contribution in [-0.2, 0) is 4.74 Å². The summed E-state index contributed by atoms with van der Waals surface area (Å²) in [5, 5.41) is 0. The summed E-state index contributed by atoms with van der Waals surface area (Å²) >= 11 is 3.93. The molecule has 0 spiro atoms. The Bertz CT molecular complexity index is 1250. The number of benzene rings is 3. The van der Waals surface area contributed by atoms with Crippen LogP contribution in [-0.4, -0.2) is 37.4 Å². The molecule has 0 radical (unpaired) electrons. The number of hydrogen-bond donors (Lipinski definition) is 0. The number of rotatable bonds is 7. The molecule has 2 aliphatic heterocycles. The standard InChI is InChI=1S/C30H30O4S2/c1-31-23-13-10-20(11-14-23)24-19-26(21-8-5-4-6-9-21)34-29(30-35-16-7-17-36-30)28(24)22-12-15-25(32-2)27(18-22)33-3/h4-6,8-15,18-19,24,30H,7,16-17H2,1-3H3. The van der Waals surface area contributed by atoms with Crippen LogP contribution < -0.4 is 14.2 Å². The third-order valence-corrected chi connectivity index (χ3v) is 9.28. The third-order valence-electron chi connectivity index (χ3n) is 6.38. The average Bonchev–Trinajstić information content (AvgIpc) is 2.97. The van der Waals surface area contributed by atoms with Gasteiger partial charge >= 0.3 is 0 Å². The van der Waals surface area contributed by atoms with Gasteiger partial charge in [-0.15, -0.1) is 23.5 Å². The van der Waals surface area contributed by atoms with Crippen LogP contribution in [0, 0.1) is 0 Å². The second-order valence-corrected chi connectivity index (χ2v) is 11.2. The van der Waals surface area contributed by atoms with Crippen molar-refractivity contribution in [3.8, 4) is 17.2 Å². The molecule has 0 aromatic heterocycles. The zero-order valence-electron chi connectivity index (χ0n) is 20.7. The van der Waals surface area contributed by atoms with Gasteiger partial charge in [-0.05, 0) is 59.4 Å². The van der Waals surface area contributed by atoms with Crippen LogP contribution in [0.3, 0.4) is 0 Å². The van der Waals surface area contributed by atoms with Gasteiger partial charge in [0.1, 0.15) is 21.8 Å². The lowest BCUT2D eigenvalue weighted by atomic mass is 9.83. The van der Waals surface area contributed by atoms with Crippen LogP contribution in [0.25, 0.3) is 11.3 Å². The highest BCUT2D eigenvalue weighted by Crippen LogP contribution is 2.50. The van der Waals surface area contributed by atoms with Crippen LogP contribution in [0.4, 0.5) is 0 Å². The maximum absolute atomic E-state index is 6.81. The molecule has 1 fully saturated rings. The van der Waals surface area contributed by atoms with E-state index in [1.165, 1.54) is 12.0 Å². The molecule has 2 aliphatic rings. The minimum Gasteiger partial charge on any atom is -0.497 e. The Balaban J connectivity index is 1.71. The molecular weight excluding hydrogens is 488 g/mol. The van der Waals surface area contributed by atoms with Gasteiger partial charge in [-0.25, -0.2) is 0 Å². The van der Waals surface area contributed by atoms with Gasteiger partial charge in [-0.3, -0.25) is 0 Å². The molecule has 1 unspecified atom stereocenters. The lowest BCUT2D eigenvalue weighted by Crippen LogP contribution is -2.19. The molecule has 6 heteroatoms. The first-order valence-electron chi connectivity index (χ1n) is 12.0. The first-order valence-corrected chi connectivity index (χ1v) is 14.1. The summed E-state index contributed by atoms with van der Waals surface area (Å²) in [4.78, 5) is 0. The van der Waals surface area contributed by atoms with Crippen molar-refractivity contribution in [2.45, 2.75) is 16.9 Å². The number of hydrogen-bond acceptors (Lipinski definition) is 6. The average molecular weight is 519 g/mol. The minimum absolute atomic E-state index is 0.00362. The van der Waals surface area contributed by atoms with Crippen LogP contribution in [0.1, 0.15) is 29.0 Å². The molecule has 3 aromatic carbocycles. The van der Waals surface area contributed by atoms with Gasteiger partial charge in [0, 0.05) is 17.1 Å². The molecule has 0 amide bonds. The summed E-state index contributed by atoms with van der Waals surface area (Å²) < 4.78 is 23.7. The van der Waals surface area contributed by atoms with E-state index in [4.69, 9.17) is 18.9 Å². The van der Waals surface area contributed by atoms with Gasteiger partial charge in [0.15, 0.2) is 11.5 Å². The quantitative estimate of drug-likeness (QED) is 0.323. The molecule has 0 bridgehead atoms. The Morgan fingerprint density at radius 2 is 1.47 bits per heavy atom. The van der Waals surface area contributed by atoms with Gasteiger partial charge < -0.3 is 18.9 Å². The van der Waals surface area contributed by atoms with E-state index in [1.807, 2.05) is 47.8 Å². The fourth-order valence-corrected chi connectivity index (χ4v) is 7.41. The van der Waals surface area contributed by atoms with E-state index in [1.54, 1.807) is 21.3 Å². The van der Waals surface area contributed by atoms with Crippen LogP contribution in [0.2, 0.25) is 0 Å². The van der Waals surface area contributed by atoms with E-state index in [0.717, 1.165) is 45.5 Å². The Kier molecular flexibility index (Phi) is 7.83. The van der Waals surface area contributed by atoms with E-state index in [2.05, 4.69) is 54.6 Å². The molecule has 1 saturated heterocycles. The Morgan fingerprint density at radius 1 is 0.750 bits per heavy atom. The lowest BCUT2D eigenvalue weighted by molar-refractivity contribution is 0.354. The zero-order valence-corrected chi connectivity index (χ0v) is 22.4. The molecule has 186 valence electrons. The first kappa shape index (κ1) is 24.7. The second kappa shape index (κ2) is 11.4. The van der Waals surface area contributed by atoms with Crippen molar-refractivity contribution < 1.29 is 18.9 Å². The molecule has 4 nitrogen and oxygen atoms in total. The van der Waals surface area contributed by atoms with E-state index in [9.17, 15) is 0 Å². The van der Waals surface area contributed by atoms with Gasteiger partial charge in [0.25, 0.3) is 0 Å². The normalized spacial score (nSPS) is 18.3. The molecule has 0 N–H and O–H groups in total. The molecule has 0 aliphatic carbocycles. The monoisotopic (exact) mass is 518 g/mol. The molecular formula is C30H30O4S2. The van der Waals surface area contributed by atoms with Crippen molar-refractivity contribution in [1.29, 1.82) is 0 Å². The fourth-order valence-electron chi connectivity index (χ4n) is 4.57. The topological polar surface area (TPSA) is 36.9 Å². The maximum Gasteiger partial charge on any atom is 0.161 e. The van der Waals surface area contributed by atoms with Crippen LogP contribution >= 0.6 is 23.5 Å². The summed E-state index contributed by atoms with van der Waals surface area (Å²) in [7, 11) is 5.03. The fraction of sp³-hybridized carbons (Fsp3) is 0.267. The van der Waals surface area contributed by atoms with Crippen molar-refractivity contribution in [3.05, 3.63) is 101 Å². The molecule has 3 aromatic rings. The lowest BCUT2D eigenvalue weighted by Gasteiger charge is -2.33. The minimum atomic E-state index is -0.00362. The van der Waals surface area contributed by atoms with Crippen molar-refractivity contribution in [3.63, 3.8) is 0 Å². The summed E-state index contributed by atoms with van der Waals surface area (Å²) in [6, 6.07) is 24.8. The van der Waals surface area contributed by atoms with E-state index < -0.39 is 0 Å². The molecule has 0 saturated carbocycles. The number of allylic oxidation sites excluding steroid dienone is 2. The van der Waals surface area contributed by atoms with Crippen molar-refractivity contribution in [2.75, 3.05) is 32.8 Å². The Morgan fingerprint density at radius 3 is 2.14 bits per heavy atom. The number of ether oxygens (including phenoxy) is 4.